The molecule has 1 heterocycles. The standard InChI is InChI=1S/C17H22N2/c1-2-8-16(9-3-1)10-4-6-13-18-15-12-17-11-5-7-14-19-17/h1-3,5,7-9,11,14,18H,4,6,10,12-13,15H2. The van der Waals surface area contributed by atoms with Crippen LogP contribution in [0.15, 0.2) is 54.7 Å². The number of aryl methyl sites for hydroxylation is 1. The summed E-state index contributed by atoms with van der Waals surface area (Å²) in [5.41, 5.74) is 2.61. The molecule has 2 aromatic rings. The van der Waals surface area contributed by atoms with Gasteiger partial charge < -0.3 is 5.32 Å². The molecule has 0 atom stereocenters. The predicted molar refractivity (Wildman–Crippen MR) is 80.2 cm³/mol. The Morgan fingerprint density at radius 3 is 2.42 bits per heavy atom. The summed E-state index contributed by atoms with van der Waals surface area (Å²) < 4.78 is 0. The van der Waals surface area contributed by atoms with Gasteiger partial charge in [0, 0.05) is 24.9 Å². The molecule has 19 heavy (non-hydrogen) atoms. The average Bonchev–Trinajstić information content (AvgIpc) is 2.48. The fraction of sp³-hybridized carbons (Fsp3) is 0.353. The number of hydrogen-bond acceptors (Lipinski definition) is 2. The van der Waals surface area contributed by atoms with Crippen LogP contribution in [0.25, 0.3) is 0 Å². The second-order valence-corrected chi connectivity index (χ2v) is 4.76. The van der Waals surface area contributed by atoms with Crippen LogP contribution < -0.4 is 5.32 Å². The lowest BCUT2D eigenvalue weighted by molar-refractivity contribution is 0.619. The minimum Gasteiger partial charge on any atom is -0.316 e. The zero-order valence-electron chi connectivity index (χ0n) is 11.4. The van der Waals surface area contributed by atoms with Crippen LogP contribution in [0.5, 0.6) is 0 Å². The summed E-state index contributed by atoms with van der Waals surface area (Å²) in [5.74, 6) is 0. The maximum Gasteiger partial charge on any atom is 0.0416 e. The van der Waals surface area contributed by atoms with Gasteiger partial charge in [0.25, 0.3) is 0 Å². The smallest absolute Gasteiger partial charge is 0.0416 e. The van der Waals surface area contributed by atoms with E-state index in [2.05, 4.69) is 46.7 Å². The fourth-order valence-corrected chi connectivity index (χ4v) is 2.11. The molecule has 100 valence electrons. The lowest BCUT2D eigenvalue weighted by atomic mass is 10.1. The number of nitrogens with zero attached hydrogens (tertiary/aromatic N) is 1. The van der Waals surface area contributed by atoms with Crippen molar-refractivity contribution >= 4 is 0 Å². The molecular weight excluding hydrogens is 232 g/mol. The third-order valence-corrected chi connectivity index (χ3v) is 3.20. The largest absolute Gasteiger partial charge is 0.316 e. The van der Waals surface area contributed by atoms with E-state index >= 15 is 0 Å². The maximum absolute atomic E-state index is 4.31. The van der Waals surface area contributed by atoms with Crippen LogP contribution in [0.4, 0.5) is 0 Å². The monoisotopic (exact) mass is 254 g/mol. The summed E-state index contributed by atoms with van der Waals surface area (Å²) in [4.78, 5) is 4.31. The summed E-state index contributed by atoms with van der Waals surface area (Å²) in [5, 5.41) is 3.48. The van der Waals surface area contributed by atoms with Crippen molar-refractivity contribution in [3.63, 3.8) is 0 Å². The van der Waals surface area contributed by atoms with Crippen molar-refractivity contribution in [3.8, 4) is 0 Å². The normalized spacial score (nSPS) is 10.5. The first-order valence-electron chi connectivity index (χ1n) is 7.10. The molecule has 2 heteroatoms. The van der Waals surface area contributed by atoms with Crippen molar-refractivity contribution in [2.24, 2.45) is 0 Å². The van der Waals surface area contributed by atoms with Crippen LogP contribution in [0.2, 0.25) is 0 Å². The van der Waals surface area contributed by atoms with Crippen molar-refractivity contribution in [1.82, 2.24) is 10.3 Å². The first-order valence-corrected chi connectivity index (χ1v) is 7.10. The van der Waals surface area contributed by atoms with E-state index in [-0.39, 0.29) is 0 Å². The molecule has 0 fully saturated rings. The summed E-state index contributed by atoms with van der Waals surface area (Å²) in [7, 11) is 0. The van der Waals surface area contributed by atoms with Crippen molar-refractivity contribution < 1.29 is 0 Å². The van der Waals surface area contributed by atoms with Gasteiger partial charge >= 0.3 is 0 Å². The van der Waals surface area contributed by atoms with Crippen molar-refractivity contribution in [2.45, 2.75) is 25.7 Å². The predicted octanol–water partition coefficient (Wildman–Crippen LogP) is 3.24. The highest BCUT2D eigenvalue weighted by molar-refractivity contribution is 5.14. The molecule has 2 rings (SSSR count). The second kappa shape index (κ2) is 8.44. The van der Waals surface area contributed by atoms with Gasteiger partial charge in [0.2, 0.25) is 0 Å². The Hall–Kier alpha value is -1.67. The molecule has 0 aliphatic carbocycles. The quantitative estimate of drug-likeness (QED) is 0.732. The highest BCUT2D eigenvalue weighted by atomic mass is 14.8. The van der Waals surface area contributed by atoms with Crippen LogP contribution >= 0.6 is 0 Å². The number of unbranched alkanes of at least 4 members (excludes halogenated alkanes) is 1. The molecule has 1 N–H and O–H groups in total. The molecule has 0 unspecified atom stereocenters. The Kier molecular flexibility index (Phi) is 6.11. The Morgan fingerprint density at radius 1 is 0.789 bits per heavy atom. The van der Waals surface area contributed by atoms with E-state index in [0.717, 1.165) is 19.5 Å². The summed E-state index contributed by atoms with van der Waals surface area (Å²) in [6.07, 6.45) is 6.54. The van der Waals surface area contributed by atoms with Gasteiger partial charge in [-0.05, 0) is 43.5 Å². The second-order valence-electron chi connectivity index (χ2n) is 4.76. The Morgan fingerprint density at radius 2 is 1.63 bits per heavy atom. The van der Waals surface area contributed by atoms with Crippen molar-refractivity contribution in [1.29, 1.82) is 0 Å². The van der Waals surface area contributed by atoms with Crippen LogP contribution in [0, 0.1) is 0 Å². The van der Waals surface area contributed by atoms with Gasteiger partial charge in [-0.25, -0.2) is 0 Å². The third-order valence-electron chi connectivity index (χ3n) is 3.20. The molecule has 0 saturated heterocycles. The highest BCUT2D eigenvalue weighted by Gasteiger charge is 1.94. The molecular formula is C17H22N2. The number of hydrogen-bond donors (Lipinski definition) is 1. The minimum absolute atomic E-state index is 1.01. The first kappa shape index (κ1) is 13.8. The number of aromatic nitrogens is 1. The van der Waals surface area contributed by atoms with Crippen LogP contribution in [0.3, 0.4) is 0 Å². The molecule has 0 spiro atoms. The highest BCUT2D eigenvalue weighted by Crippen LogP contribution is 2.03. The third kappa shape index (κ3) is 5.66. The Labute approximate surface area is 115 Å². The Bertz CT molecular complexity index is 396. The lowest BCUT2D eigenvalue weighted by Crippen LogP contribution is -2.18. The topological polar surface area (TPSA) is 24.9 Å². The molecule has 1 aromatic heterocycles. The number of benzene rings is 1. The maximum atomic E-state index is 4.31. The van der Waals surface area contributed by atoms with Gasteiger partial charge in [-0.2, -0.15) is 0 Å². The van der Waals surface area contributed by atoms with E-state index in [1.807, 2.05) is 18.3 Å². The summed E-state index contributed by atoms with van der Waals surface area (Å²) in [6, 6.07) is 16.8. The van der Waals surface area contributed by atoms with E-state index in [1.54, 1.807) is 0 Å². The van der Waals surface area contributed by atoms with Gasteiger partial charge in [0.05, 0.1) is 0 Å². The van der Waals surface area contributed by atoms with E-state index in [9.17, 15) is 0 Å². The average molecular weight is 254 g/mol. The molecule has 2 nitrogen and oxygen atoms in total. The van der Waals surface area contributed by atoms with E-state index in [0.29, 0.717) is 0 Å². The van der Waals surface area contributed by atoms with Gasteiger partial charge in [-0.15, -0.1) is 0 Å². The lowest BCUT2D eigenvalue weighted by Gasteiger charge is -2.04. The number of nitrogens with one attached hydrogen (secondary N) is 1. The van der Waals surface area contributed by atoms with Gasteiger partial charge in [0.15, 0.2) is 0 Å². The van der Waals surface area contributed by atoms with Gasteiger partial charge in [-0.3, -0.25) is 4.98 Å². The summed E-state index contributed by atoms with van der Waals surface area (Å²) in [6.45, 7) is 2.11. The number of pyridine rings is 1. The van der Waals surface area contributed by atoms with Gasteiger partial charge in [0.1, 0.15) is 0 Å². The fourth-order valence-electron chi connectivity index (χ4n) is 2.11. The first-order chi connectivity index (χ1) is 9.45. The molecule has 0 bridgehead atoms. The van der Waals surface area contributed by atoms with E-state index in [1.165, 1.54) is 30.5 Å². The van der Waals surface area contributed by atoms with E-state index in [4.69, 9.17) is 0 Å². The van der Waals surface area contributed by atoms with E-state index < -0.39 is 0 Å². The molecule has 0 aliphatic rings. The summed E-state index contributed by atoms with van der Waals surface area (Å²) >= 11 is 0. The van der Waals surface area contributed by atoms with Crippen molar-refractivity contribution in [2.75, 3.05) is 13.1 Å². The van der Waals surface area contributed by atoms with Crippen LogP contribution in [0.1, 0.15) is 24.1 Å². The molecule has 1 aromatic carbocycles. The molecule has 0 saturated carbocycles. The van der Waals surface area contributed by atoms with Crippen LogP contribution in [-0.2, 0) is 12.8 Å². The van der Waals surface area contributed by atoms with Crippen molar-refractivity contribution in [3.05, 3.63) is 66.0 Å². The zero-order valence-corrected chi connectivity index (χ0v) is 11.4. The SMILES string of the molecule is c1ccc(CCCCNCCc2ccccn2)cc1. The number of rotatable bonds is 8. The van der Waals surface area contributed by atoms with Gasteiger partial charge in [-0.1, -0.05) is 36.4 Å². The minimum atomic E-state index is 1.01. The molecule has 0 amide bonds. The zero-order chi connectivity index (χ0) is 13.2. The molecule has 0 aliphatic heterocycles. The Balaban J connectivity index is 1.49. The molecule has 0 radical (unpaired) electrons. The van der Waals surface area contributed by atoms with Crippen LogP contribution in [-0.4, -0.2) is 18.1 Å².